The Morgan fingerprint density at radius 3 is 2.81 bits per heavy atom. The standard InChI is InChI=1S/C28H24N6OS/c1-33-12-10-25(32-33)19-36-26-8-7-23(17-22(26)6-5-20-3-2-4-24(29)15-20)28(35)31-18-21-9-13-34-14-11-30-27(34)16-21/h2-4,7-17H,18-19,29H2,1H3,(H,31,35). The molecule has 0 spiro atoms. The lowest BCUT2D eigenvalue weighted by Gasteiger charge is -2.09. The fourth-order valence-electron chi connectivity index (χ4n) is 3.69. The van der Waals surface area contributed by atoms with Crippen molar-refractivity contribution in [3.63, 3.8) is 0 Å². The summed E-state index contributed by atoms with van der Waals surface area (Å²) in [5.74, 6) is 6.96. The Bertz CT molecular complexity index is 1610. The fourth-order valence-corrected chi connectivity index (χ4v) is 4.58. The molecule has 2 aromatic carbocycles. The van der Waals surface area contributed by atoms with Crippen LogP contribution in [0.5, 0.6) is 0 Å². The molecule has 178 valence electrons. The smallest absolute Gasteiger partial charge is 0.251 e. The van der Waals surface area contributed by atoms with Gasteiger partial charge in [0.25, 0.3) is 5.91 Å². The Kier molecular flexibility index (Phi) is 6.74. The Balaban J connectivity index is 1.36. The minimum absolute atomic E-state index is 0.161. The van der Waals surface area contributed by atoms with Gasteiger partial charge in [0.2, 0.25) is 0 Å². The first-order valence-corrected chi connectivity index (χ1v) is 12.3. The molecule has 3 heterocycles. The van der Waals surface area contributed by atoms with Gasteiger partial charge < -0.3 is 15.5 Å². The van der Waals surface area contributed by atoms with Crippen molar-refractivity contribution in [2.24, 2.45) is 7.05 Å². The molecule has 36 heavy (non-hydrogen) atoms. The van der Waals surface area contributed by atoms with E-state index < -0.39 is 0 Å². The van der Waals surface area contributed by atoms with Crippen LogP contribution >= 0.6 is 11.8 Å². The van der Waals surface area contributed by atoms with Crippen LogP contribution < -0.4 is 11.1 Å². The van der Waals surface area contributed by atoms with Crippen LogP contribution in [-0.2, 0) is 19.3 Å². The van der Waals surface area contributed by atoms with Gasteiger partial charge in [-0.3, -0.25) is 9.48 Å². The average molecular weight is 493 g/mol. The monoisotopic (exact) mass is 492 g/mol. The number of rotatable bonds is 6. The lowest BCUT2D eigenvalue weighted by molar-refractivity contribution is 0.0951. The molecule has 1 amide bonds. The van der Waals surface area contributed by atoms with Gasteiger partial charge in [-0.1, -0.05) is 17.9 Å². The summed E-state index contributed by atoms with van der Waals surface area (Å²) < 4.78 is 3.71. The van der Waals surface area contributed by atoms with E-state index in [4.69, 9.17) is 5.73 Å². The lowest BCUT2D eigenvalue weighted by Crippen LogP contribution is -2.23. The van der Waals surface area contributed by atoms with Gasteiger partial charge in [0.05, 0.1) is 5.69 Å². The van der Waals surface area contributed by atoms with Gasteiger partial charge in [0, 0.05) is 71.4 Å². The molecule has 7 nitrogen and oxygen atoms in total. The van der Waals surface area contributed by atoms with Crippen LogP contribution in [0.25, 0.3) is 5.65 Å². The predicted molar refractivity (Wildman–Crippen MR) is 142 cm³/mol. The fraction of sp³-hybridized carbons (Fsp3) is 0.107. The highest BCUT2D eigenvalue weighted by Crippen LogP contribution is 2.27. The molecule has 0 saturated carbocycles. The van der Waals surface area contributed by atoms with Gasteiger partial charge in [0.1, 0.15) is 5.65 Å². The normalized spacial score (nSPS) is 10.7. The van der Waals surface area contributed by atoms with E-state index in [1.54, 1.807) is 22.6 Å². The van der Waals surface area contributed by atoms with E-state index in [-0.39, 0.29) is 5.91 Å². The molecular formula is C28H24N6OS. The first kappa shape index (κ1) is 23.3. The van der Waals surface area contributed by atoms with Crippen molar-refractivity contribution in [3.05, 3.63) is 113 Å². The molecule has 0 fully saturated rings. The van der Waals surface area contributed by atoms with E-state index in [9.17, 15) is 4.79 Å². The number of amides is 1. The number of pyridine rings is 1. The molecule has 3 N–H and O–H groups in total. The zero-order chi connectivity index (χ0) is 24.9. The number of anilines is 1. The molecule has 5 aromatic rings. The minimum atomic E-state index is -0.161. The summed E-state index contributed by atoms with van der Waals surface area (Å²) in [6.45, 7) is 0.405. The highest BCUT2D eigenvalue weighted by Gasteiger charge is 2.11. The third kappa shape index (κ3) is 5.59. The van der Waals surface area contributed by atoms with E-state index in [0.29, 0.717) is 23.5 Å². The Morgan fingerprint density at radius 1 is 1.06 bits per heavy atom. The largest absolute Gasteiger partial charge is 0.399 e. The van der Waals surface area contributed by atoms with Gasteiger partial charge in [-0.15, -0.1) is 11.8 Å². The number of imidazole rings is 1. The Morgan fingerprint density at radius 2 is 1.97 bits per heavy atom. The third-order valence-electron chi connectivity index (χ3n) is 5.53. The summed E-state index contributed by atoms with van der Waals surface area (Å²) in [5.41, 5.74) is 11.5. The molecule has 0 radical (unpaired) electrons. The summed E-state index contributed by atoms with van der Waals surface area (Å²) in [5, 5.41) is 7.45. The highest BCUT2D eigenvalue weighted by atomic mass is 32.2. The number of fused-ring (bicyclic) bond motifs is 1. The van der Waals surface area contributed by atoms with Crippen LogP contribution in [0, 0.1) is 11.8 Å². The zero-order valence-corrected chi connectivity index (χ0v) is 20.5. The van der Waals surface area contributed by atoms with E-state index in [1.807, 2.05) is 90.7 Å². The van der Waals surface area contributed by atoms with E-state index in [1.165, 1.54) is 0 Å². The lowest BCUT2D eigenvalue weighted by atomic mass is 10.1. The van der Waals surface area contributed by atoms with Crippen LogP contribution in [0.15, 0.2) is 90.3 Å². The number of hydrogen-bond donors (Lipinski definition) is 2. The summed E-state index contributed by atoms with van der Waals surface area (Å²) in [4.78, 5) is 18.3. The molecule has 0 aliphatic heterocycles. The maximum atomic E-state index is 13.0. The Labute approximate surface area is 213 Å². The zero-order valence-electron chi connectivity index (χ0n) is 19.7. The third-order valence-corrected chi connectivity index (χ3v) is 6.64. The number of thioether (sulfide) groups is 1. The van der Waals surface area contributed by atoms with Crippen molar-refractivity contribution in [1.29, 1.82) is 0 Å². The van der Waals surface area contributed by atoms with Crippen molar-refractivity contribution >= 4 is 29.0 Å². The number of benzene rings is 2. The second kappa shape index (κ2) is 10.4. The van der Waals surface area contributed by atoms with Gasteiger partial charge >= 0.3 is 0 Å². The van der Waals surface area contributed by atoms with Crippen molar-refractivity contribution in [2.45, 2.75) is 17.2 Å². The summed E-state index contributed by atoms with van der Waals surface area (Å²) >= 11 is 1.64. The number of aromatic nitrogens is 4. The van der Waals surface area contributed by atoms with E-state index in [0.717, 1.165) is 32.9 Å². The van der Waals surface area contributed by atoms with E-state index in [2.05, 4.69) is 27.2 Å². The average Bonchev–Trinajstić information content (AvgIpc) is 3.53. The van der Waals surface area contributed by atoms with Gasteiger partial charge in [-0.05, 0) is 60.2 Å². The number of carbonyl (C=O) groups excluding carboxylic acids is 1. The number of aryl methyl sites for hydroxylation is 1. The van der Waals surface area contributed by atoms with Crippen LogP contribution in [0.4, 0.5) is 5.69 Å². The molecule has 0 saturated heterocycles. The highest BCUT2D eigenvalue weighted by molar-refractivity contribution is 7.98. The molecule has 0 bridgehead atoms. The molecule has 0 aliphatic carbocycles. The quantitative estimate of drug-likeness (QED) is 0.210. The van der Waals surface area contributed by atoms with Gasteiger partial charge in [-0.2, -0.15) is 5.10 Å². The molecule has 0 atom stereocenters. The number of nitrogens with two attached hydrogens (primary N) is 1. The SMILES string of the molecule is Cn1ccc(CSc2ccc(C(=O)NCc3ccn4ccnc4c3)cc2C#Cc2cccc(N)c2)n1. The number of hydrogen-bond acceptors (Lipinski definition) is 5. The van der Waals surface area contributed by atoms with Gasteiger partial charge in [0.15, 0.2) is 0 Å². The van der Waals surface area contributed by atoms with Crippen molar-refractivity contribution in [2.75, 3.05) is 5.73 Å². The number of nitrogens with one attached hydrogen (secondary N) is 1. The van der Waals surface area contributed by atoms with E-state index >= 15 is 0 Å². The number of carbonyl (C=O) groups is 1. The first-order chi connectivity index (χ1) is 17.5. The van der Waals surface area contributed by atoms with Gasteiger partial charge in [-0.25, -0.2) is 4.98 Å². The summed E-state index contributed by atoms with van der Waals surface area (Å²) in [6, 6.07) is 19.0. The van der Waals surface area contributed by atoms with Crippen molar-refractivity contribution in [3.8, 4) is 11.8 Å². The van der Waals surface area contributed by atoms with Crippen molar-refractivity contribution < 1.29 is 4.79 Å². The molecular weight excluding hydrogens is 468 g/mol. The maximum Gasteiger partial charge on any atom is 0.251 e. The second-order valence-electron chi connectivity index (χ2n) is 8.27. The molecule has 0 aliphatic rings. The molecule has 5 rings (SSSR count). The van der Waals surface area contributed by atoms with Crippen LogP contribution in [0.1, 0.15) is 32.7 Å². The van der Waals surface area contributed by atoms with Crippen LogP contribution in [-0.4, -0.2) is 25.1 Å². The van der Waals surface area contributed by atoms with Crippen molar-refractivity contribution in [1.82, 2.24) is 24.5 Å². The molecule has 3 aromatic heterocycles. The van der Waals surface area contributed by atoms with Crippen LogP contribution in [0.3, 0.4) is 0 Å². The topological polar surface area (TPSA) is 90.2 Å². The second-order valence-corrected chi connectivity index (χ2v) is 9.28. The number of nitrogens with zero attached hydrogens (tertiary/aromatic N) is 4. The summed E-state index contributed by atoms with van der Waals surface area (Å²) in [6.07, 6.45) is 7.49. The molecule has 0 unspecified atom stereocenters. The molecule has 8 heteroatoms. The summed E-state index contributed by atoms with van der Waals surface area (Å²) in [7, 11) is 1.90. The number of nitrogen functional groups attached to an aromatic ring is 1. The Hall–Kier alpha value is -4.48. The first-order valence-electron chi connectivity index (χ1n) is 11.4. The maximum absolute atomic E-state index is 13.0. The minimum Gasteiger partial charge on any atom is -0.399 e. The predicted octanol–water partition coefficient (Wildman–Crippen LogP) is 4.27. The van der Waals surface area contributed by atoms with Crippen LogP contribution in [0.2, 0.25) is 0 Å².